The summed E-state index contributed by atoms with van der Waals surface area (Å²) in [7, 11) is 0. The zero-order valence-electron chi connectivity index (χ0n) is 10.3. The highest BCUT2D eigenvalue weighted by Gasteiger charge is 2.24. The van der Waals surface area contributed by atoms with E-state index in [-0.39, 0.29) is 18.4 Å². The molecule has 0 radical (unpaired) electrons. The monoisotopic (exact) mass is 248 g/mol. The molecule has 5 nitrogen and oxygen atoms in total. The summed E-state index contributed by atoms with van der Waals surface area (Å²) >= 11 is 0. The maximum atomic E-state index is 12.0. The van der Waals surface area contributed by atoms with Gasteiger partial charge in [0.1, 0.15) is 6.54 Å². The first-order chi connectivity index (χ1) is 8.72. The van der Waals surface area contributed by atoms with Crippen molar-refractivity contribution in [2.45, 2.75) is 13.3 Å². The maximum Gasteiger partial charge on any atom is 0.326 e. The molecule has 96 valence electrons. The summed E-state index contributed by atoms with van der Waals surface area (Å²) in [6, 6.07) is 7.46. The lowest BCUT2D eigenvalue weighted by atomic mass is 10.2. The number of ether oxygens (including phenoxy) is 1. The highest BCUT2D eigenvalue weighted by Crippen LogP contribution is 2.28. The van der Waals surface area contributed by atoms with E-state index in [1.807, 2.05) is 24.3 Å². The number of carbonyl (C=O) groups is 2. The lowest BCUT2D eigenvalue weighted by molar-refractivity contribution is -0.142. The van der Waals surface area contributed by atoms with E-state index in [9.17, 15) is 9.59 Å². The zero-order valence-corrected chi connectivity index (χ0v) is 10.3. The normalized spacial score (nSPS) is 14.5. The van der Waals surface area contributed by atoms with Gasteiger partial charge >= 0.3 is 5.97 Å². The molecule has 1 aromatic rings. The van der Waals surface area contributed by atoms with Crippen molar-refractivity contribution in [2.24, 2.45) is 0 Å². The minimum Gasteiger partial charge on any atom is -0.465 e. The summed E-state index contributed by atoms with van der Waals surface area (Å²) in [4.78, 5) is 25.0. The highest BCUT2D eigenvalue weighted by atomic mass is 16.5. The molecule has 1 N–H and O–H groups in total. The number of carbonyl (C=O) groups excluding carboxylic acids is 2. The van der Waals surface area contributed by atoms with Gasteiger partial charge in [-0.3, -0.25) is 14.5 Å². The number of fused-ring (bicyclic) bond motifs is 1. The number of amides is 1. The van der Waals surface area contributed by atoms with E-state index in [0.29, 0.717) is 19.6 Å². The van der Waals surface area contributed by atoms with Crippen LogP contribution < -0.4 is 10.2 Å². The van der Waals surface area contributed by atoms with Crippen molar-refractivity contribution in [2.75, 3.05) is 29.9 Å². The van der Waals surface area contributed by atoms with Crippen LogP contribution in [0.2, 0.25) is 0 Å². The Morgan fingerprint density at radius 3 is 3.00 bits per heavy atom. The van der Waals surface area contributed by atoms with Crippen LogP contribution in [0.4, 0.5) is 11.4 Å². The van der Waals surface area contributed by atoms with Crippen molar-refractivity contribution < 1.29 is 14.3 Å². The van der Waals surface area contributed by atoms with Crippen LogP contribution in [0.5, 0.6) is 0 Å². The number of hydrogen-bond donors (Lipinski definition) is 1. The molecule has 1 heterocycles. The van der Waals surface area contributed by atoms with E-state index < -0.39 is 0 Å². The van der Waals surface area contributed by atoms with Crippen molar-refractivity contribution in [3.05, 3.63) is 24.3 Å². The third kappa shape index (κ3) is 2.61. The first-order valence-corrected chi connectivity index (χ1v) is 6.01. The van der Waals surface area contributed by atoms with Crippen molar-refractivity contribution in [1.82, 2.24) is 0 Å². The number of hydrogen-bond acceptors (Lipinski definition) is 4. The Bertz CT molecular complexity index is 459. The summed E-state index contributed by atoms with van der Waals surface area (Å²) < 4.78 is 4.90. The Morgan fingerprint density at radius 1 is 1.44 bits per heavy atom. The molecular formula is C13H16N2O3. The van der Waals surface area contributed by atoms with Gasteiger partial charge < -0.3 is 10.1 Å². The molecule has 0 fully saturated rings. The number of benzene rings is 1. The van der Waals surface area contributed by atoms with Gasteiger partial charge in [-0.15, -0.1) is 0 Å². The molecule has 0 bridgehead atoms. The van der Waals surface area contributed by atoms with E-state index in [2.05, 4.69) is 5.32 Å². The number of esters is 1. The van der Waals surface area contributed by atoms with Crippen LogP contribution in [0.25, 0.3) is 0 Å². The fraction of sp³-hybridized carbons (Fsp3) is 0.385. The fourth-order valence-electron chi connectivity index (χ4n) is 1.94. The number of rotatable bonds is 3. The van der Waals surface area contributed by atoms with Gasteiger partial charge in [0.2, 0.25) is 5.91 Å². The molecule has 0 saturated heterocycles. The largest absolute Gasteiger partial charge is 0.465 e. The molecule has 0 atom stereocenters. The molecule has 5 heteroatoms. The third-order valence-corrected chi connectivity index (χ3v) is 2.74. The van der Waals surface area contributed by atoms with Crippen molar-refractivity contribution in [1.29, 1.82) is 0 Å². The predicted molar refractivity (Wildman–Crippen MR) is 68.5 cm³/mol. The topological polar surface area (TPSA) is 58.6 Å². The van der Waals surface area contributed by atoms with Crippen LogP contribution in [0, 0.1) is 0 Å². The SMILES string of the molecule is CCOC(=O)CN1C(=O)CCNc2ccccc21. The lowest BCUT2D eigenvalue weighted by Crippen LogP contribution is -2.36. The van der Waals surface area contributed by atoms with Gasteiger partial charge in [-0.05, 0) is 19.1 Å². The zero-order chi connectivity index (χ0) is 13.0. The Kier molecular flexibility index (Phi) is 3.82. The standard InChI is InChI=1S/C13H16N2O3/c1-2-18-13(17)9-15-11-6-4-3-5-10(11)14-8-7-12(15)16/h3-6,14H,2,7-9H2,1H3. The second-order valence-electron chi connectivity index (χ2n) is 3.98. The summed E-state index contributed by atoms with van der Waals surface area (Å²) in [6.07, 6.45) is 0.369. The molecule has 0 aromatic heterocycles. The van der Waals surface area contributed by atoms with Crippen molar-refractivity contribution in [3.63, 3.8) is 0 Å². The van der Waals surface area contributed by atoms with E-state index in [0.717, 1.165) is 11.4 Å². The Balaban J connectivity index is 2.25. The van der Waals surface area contributed by atoms with Gasteiger partial charge in [-0.2, -0.15) is 0 Å². The van der Waals surface area contributed by atoms with Crippen molar-refractivity contribution in [3.8, 4) is 0 Å². The van der Waals surface area contributed by atoms with E-state index in [1.165, 1.54) is 4.90 Å². The average molecular weight is 248 g/mol. The van der Waals surface area contributed by atoms with Gasteiger partial charge in [-0.25, -0.2) is 0 Å². The van der Waals surface area contributed by atoms with Gasteiger partial charge in [0.15, 0.2) is 0 Å². The van der Waals surface area contributed by atoms with Gasteiger partial charge in [0.25, 0.3) is 0 Å². The molecule has 1 aliphatic heterocycles. The number of anilines is 2. The molecule has 0 saturated carbocycles. The van der Waals surface area contributed by atoms with Crippen molar-refractivity contribution >= 4 is 23.3 Å². The highest BCUT2D eigenvalue weighted by molar-refractivity contribution is 6.01. The predicted octanol–water partition coefficient (Wildman–Crippen LogP) is 1.40. The third-order valence-electron chi connectivity index (χ3n) is 2.74. The lowest BCUT2D eigenvalue weighted by Gasteiger charge is -2.21. The second-order valence-corrected chi connectivity index (χ2v) is 3.98. The summed E-state index contributed by atoms with van der Waals surface area (Å²) in [5, 5.41) is 3.18. The molecule has 1 amide bonds. The van der Waals surface area contributed by atoms with Crippen LogP contribution in [-0.2, 0) is 14.3 Å². The van der Waals surface area contributed by atoms with E-state index in [1.54, 1.807) is 6.92 Å². The molecule has 1 aliphatic rings. The molecular weight excluding hydrogens is 232 g/mol. The number of para-hydroxylation sites is 2. The number of nitrogens with one attached hydrogen (secondary N) is 1. The van der Waals surface area contributed by atoms with Crippen LogP contribution in [0.1, 0.15) is 13.3 Å². The first kappa shape index (κ1) is 12.4. The Morgan fingerprint density at radius 2 is 2.22 bits per heavy atom. The summed E-state index contributed by atoms with van der Waals surface area (Å²) in [5.41, 5.74) is 1.60. The van der Waals surface area contributed by atoms with Crippen LogP contribution in [0.15, 0.2) is 24.3 Å². The van der Waals surface area contributed by atoms with Crippen LogP contribution in [-0.4, -0.2) is 31.6 Å². The molecule has 0 spiro atoms. The first-order valence-electron chi connectivity index (χ1n) is 6.01. The smallest absolute Gasteiger partial charge is 0.326 e. The van der Waals surface area contributed by atoms with Gasteiger partial charge in [0.05, 0.1) is 18.0 Å². The summed E-state index contributed by atoms with van der Waals surface area (Å²) in [6.45, 7) is 2.61. The molecule has 0 aliphatic carbocycles. The molecule has 0 unspecified atom stereocenters. The number of nitrogens with zero attached hydrogens (tertiary/aromatic N) is 1. The summed E-state index contributed by atoms with van der Waals surface area (Å²) in [5.74, 6) is -0.456. The maximum absolute atomic E-state index is 12.0. The molecule has 2 rings (SSSR count). The quantitative estimate of drug-likeness (QED) is 0.821. The second kappa shape index (κ2) is 5.53. The minimum atomic E-state index is -0.387. The molecule has 18 heavy (non-hydrogen) atoms. The van der Waals surface area contributed by atoms with E-state index in [4.69, 9.17) is 4.74 Å². The van der Waals surface area contributed by atoms with Crippen LogP contribution >= 0.6 is 0 Å². The minimum absolute atomic E-state index is 0.0363. The average Bonchev–Trinajstić information content (AvgIpc) is 2.51. The fourth-order valence-corrected chi connectivity index (χ4v) is 1.94. The van der Waals surface area contributed by atoms with Gasteiger partial charge in [0, 0.05) is 13.0 Å². The van der Waals surface area contributed by atoms with Crippen LogP contribution in [0.3, 0.4) is 0 Å². The van der Waals surface area contributed by atoms with Gasteiger partial charge in [-0.1, -0.05) is 12.1 Å². The Hall–Kier alpha value is -2.04. The Labute approximate surface area is 106 Å². The molecule has 1 aromatic carbocycles. The van der Waals surface area contributed by atoms with E-state index >= 15 is 0 Å².